The second kappa shape index (κ2) is 5.45. The summed E-state index contributed by atoms with van der Waals surface area (Å²) in [5.74, 6) is 0.385. The summed E-state index contributed by atoms with van der Waals surface area (Å²) in [6, 6.07) is 1.74. The minimum Gasteiger partial charge on any atom is -0.347 e. The molecular weight excluding hydrogens is 238 g/mol. The van der Waals surface area contributed by atoms with Gasteiger partial charge >= 0.3 is 0 Å². The quantitative estimate of drug-likeness (QED) is 0.840. The minimum atomic E-state index is -0.317. The summed E-state index contributed by atoms with van der Waals surface area (Å²) in [4.78, 5) is 12.1. The summed E-state index contributed by atoms with van der Waals surface area (Å²) < 4.78 is 0. The molecule has 1 rings (SSSR count). The molecule has 0 bridgehead atoms. The molecule has 1 heterocycles. The van der Waals surface area contributed by atoms with Crippen LogP contribution < -0.4 is 5.32 Å². The lowest BCUT2D eigenvalue weighted by Crippen LogP contribution is -2.44. The third-order valence-electron chi connectivity index (χ3n) is 2.52. The van der Waals surface area contributed by atoms with Crippen molar-refractivity contribution in [2.24, 2.45) is 0 Å². The van der Waals surface area contributed by atoms with Crippen LogP contribution in [-0.4, -0.2) is 27.5 Å². The van der Waals surface area contributed by atoms with E-state index in [1.54, 1.807) is 13.0 Å². The molecule has 94 valence electrons. The molecule has 0 saturated heterocycles. The Morgan fingerprint density at radius 3 is 2.65 bits per heavy atom. The molecule has 0 saturated carbocycles. The first-order chi connectivity index (χ1) is 7.85. The molecule has 0 aromatic carbocycles. The Hall–Kier alpha value is -1.16. The molecule has 1 aromatic rings. The highest BCUT2D eigenvalue weighted by atomic mass is 35.5. The van der Waals surface area contributed by atoms with Gasteiger partial charge in [-0.05, 0) is 40.2 Å². The van der Waals surface area contributed by atoms with Gasteiger partial charge in [0.1, 0.15) is 0 Å². The third-order valence-corrected chi connectivity index (χ3v) is 2.71. The first kappa shape index (κ1) is 13.9. The summed E-state index contributed by atoms with van der Waals surface area (Å²) >= 11 is 5.70. The maximum Gasteiger partial charge on any atom is 0.253 e. The fraction of sp³-hybridized carbons (Fsp3) is 0.583. The minimum absolute atomic E-state index is 0.129. The van der Waals surface area contributed by atoms with E-state index in [2.05, 4.69) is 15.5 Å². The van der Waals surface area contributed by atoms with E-state index < -0.39 is 0 Å². The zero-order valence-corrected chi connectivity index (χ0v) is 11.4. The second-order valence-corrected chi connectivity index (χ2v) is 5.14. The maximum atomic E-state index is 12.1. The topological polar surface area (TPSA) is 54.9 Å². The van der Waals surface area contributed by atoms with Gasteiger partial charge in [0.15, 0.2) is 0 Å². The smallest absolute Gasteiger partial charge is 0.253 e. The zero-order chi connectivity index (χ0) is 13.1. The summed E-state index contributed by atoms with van der Waals surface area (Å²) in [6.07, 6.45) is 0.719. The summed E-state index contributed by atoms with van der Waals surface area (Å²) in [5, 5.41) is 10.8. The number of halogens is 1. The molecule has 0 radical (unpaired) electrons. The van der Waals surface area contributed by atoms with Crippen LogP contribution in [0.25, 0.3) is 0 Å². The van der Waals surface area contributed by atoms with Crippen molar-refractivity contribution in [1.29, 1.82) is 0 Å². The average molecular weight is 256 g/mol. The zero-order valence-electron chi connectivity index (χ0n) is 10.7. The van der Waals surface area contributed by atoms with Gasteiger partial charge in [-0.3, -0.25) is 4.79 Å². The van der Waals surface area contributed by atoms with Crippen molar-refractivity contribution in [3.63, 3.8) is 0 Å². The molecule has 0 spiro atoms. The van der Waals surface area contributed by atoms with E-state index in [1.807, 2.05) is 20.8 Å². The largest absolute Gasteiger partial charge is 0.347 e. The molecule has 1 amide bonds. The van der Waals surface area contributed by atoms with Crippen molar-refractivity contribution >= 4 is 17.5 Å². The molecule has 0 aliphatic carbocycles. The molecular formula is C12H18ClN3O. The van der Waals surface area contributed by atoms with E-state index >= 15 is 0 Å². The van der Waals surface area contributed by atoms with Gasteiger partial charge < -0.3 is 5.32 Å². The van der Waals surface area contributed by atoms with Gasteiger partial charge in [0.2, 0.25) is 0 Å². The van der Waals surface area contributed by atoms with E-state index in [4.69, 9.17) is 11.6 Å². The molecule has 17 heavy (non-hydrogen) atoms. The highest BCUT2D eigenvalue weighted by Crippen LogP contribution is 2.12. The van der Waals surface area contributed by atoms with Crippen molar-refractivity contribution < 1.29 is 4.79 Å². The van der Waals surface area contributed by atoms with Gasteiger partial charge in [0, 0.05) is 11.4 Å². The van der Waals surface area contributed by atoms with Crippen LogP contribution in [0.4, 0.5) is 0 Å². The standard InChI is InChI=1S/C12H18ClN3O/c1-8-7-10(9(2)16-15-8)11(17)14-12(3,4)5-6-13/h7H,5-6H2,1-4H3,(H,14,17). The van der Waals surface area contributed by atoms with E-state index in [1.165, 1.54) is 0 Å². The van der Waals surface area contributed by atoms with E-state index in [9.17, 15) is 4.79 Å². The first-order valence-corrected chi connectivity index (χ1v) is 6.08. The second-order valence-electron chi connectivity index (χ2n) is 4.76. The molecule has 0 aliphatic rings. The number of carbonyl (C=O) groups excluding carboxylic acids is 1. The van der Waals surface area contributed by atoms with Crippen LogP contribution in [0.1, 0.15) is 42.0 Å². The van der Waals surface area contributed by atoms with Crippen molar-refractivity contribution in [3.8, 4) is 0 Å². The number of hydrogen-bond donors (Lipinski definition) is 1. The predicted molar refractivity (Wildman–Crippen MR) is 68.4 cm³/mol. The maximum absolute atomic E-state index is 12.1. The number of aromatic nitrogens is 2. The highest BCUT2D eigenvalue weighted by molar-refractivity contribution is 6.17. The lowest BCUT2D eigenvalue weighted by molar-refractivity contribution is 0.0910. The Balaban J connectivity index is 2.86. The summed E-state index contributed by atoms with van der Waals surface area (Å²) in [5.41, 5.74) is 1.62. The fourth-order valence-corrected chi connectivity index (χ4v) is 1.93. The van der Waals surface area contributed by atoms with Crippen molar-refractivity contribution in [3.05, 3.63) is 23.0 Å². The number of rotatable bonds is 4. The van der Waals surface area contributed by atoms with Crippen LogP contribution in [0.5, 0.6) is 0 Å². The number of amides is 1. The Morgan fingerprint density at radius 2 is 2.06 bits per heavy atom. The van der Waals surface area contributed by atoms with Gasteiger partial charge in [-0.15, -0.1) is 11.6 Å². The molecule has 1 N–H and O–H groups in total. The molecule has 5 heteroatoms. The van der Waals surface area contributed by atoms with Gasteiger partial charge in [-0.25, -0.2) is 0 Å². The molecule has 1 aromatic heterocycles. The average Bonchev–Trinajstić information content (AvgIpc) is 2.20. The third kappa shape index (κ3) is 3.97. The Labute approximate surface area is 107 Å². The fourth-order valence-electron chi connectivity index (χ4n) is 1.45. The number of alkyl halides is 1. The molecule has 0 aliphatic heterocycles. The Morgan fingerprint density at radius 1 is 1.41 bits per heavy atom. The van der Waals surface area contributed by atoms with E-state index in [-0.39, 0.29) is 11.4 Å². The number of carbonyl (C=O) groups is 1. The molecule has 0 atom stereocenters. The number of hydrogen-bond acceptors (Lipinski definition) is 3. The van der Waals surface area contributed by atoms with Crippen LogP contribution >= 0.6 is 11.6 Å². The van der Waals surface area contributed by atoms with Crippen LogP contribution in [0, 0.1) is 13.8 Å². The molecule has 0 unspecified atom stereocenters. The number of aryl methyl sites for hydroxylation is 2. The van der Waals surface area contributed by atoms with Crippen molar-refractivity contribution in [2.45, 2.75) is 39.7 Å². The Bertz CT molecular complexity index is 418. The van der Waals surface area contributed by atoms with Crippen LogP contribution in [0.3, 0.4) is 0 Å². The van der Waals surface area contributed by atoms with Crippen LogP contribution in [0.15, 0.2) is 6.07 Å². The first-order valence-electron chi connectivity index (χ1n) is 5.55. The van der Waals surface area contributed by atoms with Crippen LogP contribution in [-0.2, 0) is 0 Å². The van der Waals surface area contributed by atoms with Crippen LogP contribution in [0.2, 0.25) is 0 Å². The normalized spacial score (nSPS) is 11.4. The number of nitrogens with zero attached hydrogens (tertiary/aromatic N) is 2. The van der Waals surface area contributed by atoms with Crippen molar-refractivity contribution in [2.75, 3.05) is 5.88 Å². The number of nitrogens with one attached hydrogen (secondary N) is 1. The lowest BCUT2D eigenvalue weighted by atomic mass is 10.0. The highest BCUT2D eigenvalue weighted by Gasteiger charge is 2.21. The van der Waals surface area contributed by atoms with Gasteiger partial charge in [-0.2, -0.15) is 10.2 Å². The van der Waals surface area contributed by atoms with Gasteiger partial charge in [-0.1, -0.05) is 0 Å². The van der Waals surface area contributed by atoms with Gasteiger partial charge in [0.25, 0.3) is 5.91 Å². The SMILES string of the molecule is Cc1cc(C(=O)NC(C)(C)CCCl)c(C)nn1. The van der Waals surface area contributed by atoms with E-state index in [0.717, 1.165) is 12.1 Å². The summed E-state index contributed by atoms with van der Waals surface area (Å²) in [6.45, 7) is 7.48. The lowest BCUT2D eigenvalue weighted by Gasteiger charge is -2.25. The predicted octanol–water partition coefficient (Wildman–Crippen LogP) is 2.23. The van der Waals surface area contributed by atoms with Gasteiger partial charge in [0.05, 0.1) is 17.0 Å². The summed E-state index contributed by atoms with van der Waals surface area (Å²) in [7, 11) is 0. The van der Waals surface area contributed by atoms with Crippen molar-refractivity contribution in [1.82, 2.24) is 15.5 Å². The van der Waals surface area contributed by atoms with E-state index in [0.29, 0.717) is 17.1 Å². The Kier molecular flexibility index (Phi) is 4.46. The monoisotopic (exact) mass is 255 g/mol. The molecule has 4 nitrogen and oxygen atoms in total. The molecule has 0 fully saturated rings.